The summed E-state index contributed by atoms with van der Waals surface area (Å²) in [4.78, 5) is 0. The molecule has 1 aromatic heterocycles. The van der Waals surface area contributed by atoms with Crippen LogP contribution in [0, 0.1) is 0 Å². The van der Waals surface area contributed by atoms with Gasteiger partial charge in [-0.15, -0.1) is 0 Å². The molecule has 0 aliphatic heterocycles. The van der Waals surface area contributed by atoms with Crippen molar-refractivity contribution in [2.24, 2.45) is 0 Å². The summed E-state index contributed by atoms with van der Waals surface area (Å²) in [6.07, 6.45) is 2.49. The van der Waals surface area contributed by atoms with Crippen molar-refractivity contribution in [3.05, 3.63) is 59.9 Å². The average Bonchev–Trinajstić information content (AvgIpc) is 2.55. The smallest absolute Gasteiger partial charge is 0.160 e. The molecule has 0 saturated heterocycles. The van der Waals surface area contributed by atoms with Gasteiger partial charge < -0.3 is 9.47 Å². The number of ether oxygens (including phenoxy) is 2. The number of nitrogens with zero attached hydrogens (tertiary/aromatic N) is 2. The molecule has 0 saturated carbocycles. The van der Waals surface area contributed by atoms with Gasteiger partial charge in [0.2, 0.25) is 0 Å². The molecule has 4 heteroatoms. The lowest BCUT2D eigenvalue weighted by atomic mass is 10.0. The Labute approximate surface area is 123 Å². The van der Waals surface area contributed by atoms with Crippen LogP contribution in [0.2, 0.25) is 0 Å². The van der Waals surface area contributed by atoms with Gasteiger partial charge >= 0.3 is 0 Å². The van der Waals surface area contributed by atoms with E-state index in [1.165, 1.54) is 0 Å². The molecule has 3 rings (SSSR count). The van der Waals surface area contributed by atoms with Crippen LogP contribution in [-0.2, 0) is 6.42 Å². The van der Waals surface area contributed by atoms with Gasteiger partial charge in [0.25, 0.3) is 0 Å². The molecule has 1 heterocycles. The van der Waals surface area contributed by atoms with Gasteiger partial charge in [0.1, 0.15) is 0 Å². The first-order valence-electron chi connectivity index (χ1n) is 6.72. The molecule has 0 spiro atoms. The summed E-state index contributed by atoms with van der Waals surface area (Å²) >= 11 is 0. The van der Waals surface area contributed by atoms with Crippen molar-refractivity contribution >= 4 is 10.8 Å². The number of benzene rings is 2. The van der Waals surface area contributed by atoms with Gasteiger partial charge in [-0.3, -0.25) is 0 Å². The number of hydrogen-bond donors (Lipinski definition) is 0. The number of fused-ring (bicyclic) bond motifs is 1. The predicted octanol–water partition coefficient (Wildman–Crippen LogP) is 3.24. The second-order valence-electron chi connectivity index (χ2n) is 4.74. The summed E-state index contributed by atoms with van der Waals surface area (Å²) in [5.41, 5.74) is 2.07. The molecule has 0 aliphatic rings. The van der Waals surface area contributed by atoms with E-state index in [0.717, 1.165) is 33.5 Å². The maximum Gasteiger partial charge on any atom is 0.160 e. The van der Waals surface area contributed by atoms with E-state index in [9.17, 15) is 0 Å². The molecule has 0 unspecified atom stereocenters. The van der Waals surface area contributed by atoms with Crippen molar-refractivity contribution in [1.82, 2.24) is 10.2 Å². The van der Waals surface area contributed by atoms with E-state index in [-0.39, 0.29) is 0 Å². The highest BCUT2D eigenvalue weighted by Gasteiger charge is 2.08. The van der Waals surface area contributed by atoms with Crippen LogP contribution in [0.5, 0.6) is 11.5 Å². The zero-order valence-corrected chi connectivity index (χ0v) is 12.0. The molecule has 0 atom stereocenters. The third-order valence-electron chi connectivity index (χ3n) is 3.47. The highest BCUT2D eigenvalue weighted by Crippen LogP contribution is 2.29. The Bertz CT molecular complexity index is 766. The Kier molecular flexibility index (Phi) is 3.69. The van der Waals surface area contributed by atoms with Gasteiger partial charge in [0.15, 0.2) is 11.5 Å². The Morgan fingerprint density at radius 1 is 0.952 bits per heavy atom. The van der Waals surface area contributed by atoms with Crippen LogP contribution >= 0.6 is 0 Å². The maximum absolute atomic E-state index is 5.34. The second kappa shape index (κ2) is 5.79. The summed E-state index contributed by atoms with van der Waals surface area (Å²) < 4.78 is 10.6. The molecule has 3 aromatic rings. The maximum atomic E-state index is 5.34. The van der Waals surface area contributed by atoms with Gasteiger partial charge in [-0.2, -0.15) is 10.2 Å². The van der Waals surface area contributed by atoms with Crippen molar-refractivity contribution in [3.63, 3.8) is 0 Å². The van der Waals surface area contributed by atoms with E-state index in [4.69, 9.17) is 9.47 Å². The fourth-order valence-electron chi connectivity index (χ4n) is 2.40. The molecule has 0 fully saturated rings. The minimum absolute atomic E-state index is 0.703. The summed E-state index contributed by atoms with van der Waals surface area (Å²) in [6.45, 7) is 0. The van der Waals surface area contributed by atoms with Gasteiger partial charge in [0.05, 0.1) is 26.1 Å². The highest BCUT2D eigenvalue weighted by molar-refractivity contribution is 5.83. The SMILES string of the molecule is COc1ccc(Cc2nncc3ccccc23)cc1OC. The van der Waals surface area contributed by atoms with E-state index < -0.39 is 0 Å². The van der Waals surface area contributed by atoms with Crippen molar-refractivity contribution < 1.29 is 9.47 Å². The standard InChI is InChI=1S/C17H16N2O2/c1-20-16-8-7-12(10-17(16)21-2)9-15-14-6-4-3-5-13(14)11-18-19-15/h3-8,10-11H,9H2,1-2H3. The van der Waals surface area contributed by atoms with Gasteiger partial charge in [-0.05, 0) is 17.7 Å². The van der Waals surface area contributed by atoms with Crippen LogP contribution in [0.4, 0.5) is 0 Å². The van der Waals surface area contributed by atoms with E-state index in [2.05, 4.69) is 16.3 Å². The van der Waals surface area contributed by atoms with Gasteiger partial charge in [-0.25, -0.2) is 0 Å². The van der Waals surface area contributed by atoms with Gasteiger partial charge in [-0.1, -0.05) is 30.3 Å². The van der Waals surface area contributed by atoms with Crippen LogP contribution in [0.25, 0.3) is 10.8 Å². The highest BCUT2D eigenvalue weighted by atomic mass is 16.5. The first kappa shape index (κ1) is 13.4. The number of aromatic nitrogens is 2. The Balaban J connectivity index is 1.99. The molecule has 0 amide bonds. The first-order valence-corrected chi connectivity index (χ1v) is 6.72. The summed E-state index contributed by atoms with van der Waals surface area (Å²) in [5.74, 6) is 1.45. The van der Waals surface area contributed by atoms with Gasteiger partial charge in [0, 0.05) is 17.2 Å². The molecule has 0 bridgehead atoms. The Hall–Kier alpha value is -2.62. The monoisotopic (exact) mass is 280 g/mol. The predicted molar refractivity (Wildman–Crippen MR) is 81.9 cm³/mol. The van der Waals surface area contributed by atoms with E-state index >= 15 is 0 Å². The van der Waals surface area contributed by atoms with E-state index in [1.54, 1.807) is 20.4 Å². The lowest BCUT2D eigenvalue weighted by Gasteiger charge is -2.10. The van der Waals surface area contributed by atoms with Crippen LogP contribution in [0.15, 0.2) is 48.7 Å². The Morgan fingerprint density at radius 2 is 1.76 bits per heavy atom. The first-order chi connectivity index (χ1) is 10.3. The molecule has 0 radical (unpaired) electrons. The Morgan fingerprint density at radius 3 is 2.57 bits per heavy atom. The van der Waals surface area contributed by atoms with Crippen molar-refractivity contribution in [3.8, 4) is 11.5 Å². The summed E-state index contributed by atoms with van der Waals surface area (Å²) in [7, 11) is 3.27. The largest absolute Gasteiger partial charge is 0.493 e. The van der Waals surface area contributed by atoms with E-state index in [0.29, 0.717) is 6.42 Å². The van der Waals surface area contributed by atoms with Crippen molar-refractivity contribution in [1.29, 1.82) is 0 Å². The number of methoxy groups -OCH3 is 2. The molecule has 21 heavy (non-hydrogen) atoms. The van der Waals surface area contributed by atoms with Crippen LogP contribution in [-0.4, -0.2) is 24.4 Å². The van der Waals surface area contributed by atoms with Crippen LogP contribution in [0.3, 0.4) is 0 Å². The fourth-order valence-corrected chi connectivity index (χ4v) is 2.40. The van der Waals surface area contributed by atoms with Crippen LogP contribution in [0.1, 0.15) is 11.3 Å². The molecule has 0 aliphatic carbocycles. The molecule has 2 aromatic carbocycles. The second-order valence-corrected chi connectivity index (χ2v) is 4.74. The third-order valence-corrected chi connectivity index (χ3v) is 3.47. The molecular weight excluding hydrogens is 264 g/mol. The fraction of sp³-hybridized carbons (Fsp3) is 0.176. The molecule has 4 nitrogen and oxygen atoms in total. The number of hydrogen-bond acceptors (Lipinski definition) is 4. The normalized spacial score (nSPS) is 10.6. The van der Waals surface area contributed by atoms with E-state index in [1.807, 2.05) is 36.4 Å². The van der Waals surface area contributed by atoms with Crippen molar-refractivity contribution in [2.45, 2.75) is 6.42 Å². The third kappa shape index (κ3) is 2.65. The van der Waals surface area contributed by atoms with Crippen molar-refractivity contribution in [2.75, 3.05) is 14.2 Å². The number of rotatable bonds is 4. The lowest BCUT2D eigenvalue weighted by Crippen LogP contribution is -1.97. The lowest BCUT2D eigenvalue weighted by molar-refractivity contribution is 0.354. The quantitative estimate of drug-likeness (QED) is 0.736. The molecule has 0 N–H and O–H groups in total. The minimum atomic E-state index is 0.703. The zero-order chi connectivity index (χ0) is 14.7. The molecular formula is C17H16N2O2. The zero-order valence-electron chi connectivity index (χ0n) is 12.0. The topological polar surface area (TPSA) is 44.2 Å². The summed E-state index contributed by atoms with van der Waals surface area (Å²) in [5, 5.41) is 10.6. The minimum Gasteiger partial charge on any atom is -0.493 e. The molecule has 106 valence electrons. The summed E-state index contributed by atoms with van der Waals surface area (Å²) in [6, 6.07) is 14.0. The average molecular weight is 280 g/mol. The van der Waals surface area contributed by atoms with Crippen LogP contribution < -0.4 is 9.47 Å².